The van der Waals surface area contributed by atoms with Crippen LogP contribution in [0.1, 0.15) is 34.6 Å². The van der Waals surface area contributed by atoms with Crippen molar-refractivity contribution in [2.45, 2.75) is 19.5 Å². The molecule has 0 aliphatic carbocycles. The van der Waals surface area contributed by atoms with Gasteiger partial charge in [0.05, 0.1) is 6.04 Å². The molecule has 1 atom stereocenters. The van der Waals surface area contributed by atoms with Crippen LogP contribution in [0.25, 0.3) is 11.3 Å². The van der Waals surface area contributed by atoms with E-state index in [1.165, 1.54) is 0 Å². The van der Waals surface area contributed by atoms with E-state index in [0.29, 0.717) is 12.1 Å². The molecule has 25 heavy (non-hydrogen) atoms. The molecule has 128 valence electrons. The third kappa shape index (κ3) is 4.17. The Morgan fingerprint density at radius 2 is 1.84 bits per heavy atom. The van der Waals surface area contributed by atoms with E-state index in [9.17, 15) is 4.79 Å². The first kappa shape index (κ1) is 17.0. The van der Waals surface area contributed by atoms with E-state index in [-0.39, 0.29) is 11.9 Å². The van der Waals surface area contributed by atoms with Gasteiger partial charge in [-0.05, 0) is 36.8 Å². The zero-order chi connectivity index (χ0) is 17.6. The van der Waals surface area contributed by atoms with Crippen LogP contribution >= 0.6 is 0 Å². The lowest BCUT2D eigenvalue weighted by Crippen LogP contribution is -2.20. The Morgan fingerprint density at radius 3 is 2.60 bits per heavy atom. The minimum absolute atomic E-state index is 0.0705. The molecule has 3 rings (SSSR count). The Kier molecular flexibility index (Phi) is 5.31. The van der Waals surface area contributed by atoms with Crippen molar-refractivity contribution in [1.82, 2.24) is 10.6 Å². The van der Waals surface area contributed by atoms with Crippen LogP contribution in [-0.4, -0.2) is 13.0 Å². The molecule has 0 saturated heterocycles. The molecular weight excluding hydrogens is 312 g/mol. The fourth-order valence-electron chi connectivity index (χ4n) is 2.68. The smallest absolute Gasteiger partial charge is 0.251 e. The normalized spacial score (nSPS) is 11.9. The number of carbonyl (C=O) groups excluding carboxylic acids is 1. The van der Waals surface area contributed by atoms with E-state index < -0.39 is 0 Å². The molecule has 0 aliphatic rings. The lowest BCUT2D eigenvalue weighted by molar-refractivity contribution is 0.0963. The molecule has 0 fully saturated rings. The molecule has 4 nitrogen and oxygen atoms in total. The van der Waals surface area contributed by atoms with E-state index in [4.69, 9.17) is 4.42 Å². The van der Waals surface area contributed by atoms with Gasteiger partial charge in [-0.3, -0.25) is 4.79 Å². The van der Waals surface area contributed by atoms with Gasteiger partial charge in [0.1, 0.15) is 11.5 Å². The number of benzene rings is 2. The van der Waals surface area contributed by atoms with Crippen LogP contribution < -0.4 is 10.6 Å². The van der Waals surface area contributed by atoms with Crippen molar-refractivity contribution in [3.63, 3.8) is 0 Å². The van der Waals surface area contributed by atoms with Gasteiger partial charge in [0.2, 0.25) is 0 Å². The van der Waals surface area contributed by atoms with Crippen LogP contribution in [0, 0.1) is 0 Å². The highest BCUT2D eigenvalue weighted by Gasteiger charge is 2.11. The van der Waals surface area contributed by atoms with Crippen LogP contribution in [0.2, 0.25) is 0 Å². The first-order chi connectivity index (χ1) is 12.2. The maximum atomic E-state index is 11.7. The molecular formula is C21H22N2O2. The lowest BCUT2D eigenvalue weighted by atomic mass is 10.1. The molecule has 0 spiro atoms. The summed E-state index contributed by atoms with van der Waals surface area (Å²) in [6, 6.07) is 21.7. The second-order valence-electron chi connectivity index (χ2n) is 5.95. The van der Waals surface area contributed by atoms with Crippen LogP contribution in [0.4, 0.5) is 0 Å². The van der Waals surface area contributed by atoms with E-state index in [0.717, 1.165) is 22.6 Å². The van der Waals surface area contributed by atoms with Gasteiger partial charge in [0.15, 0.2) is 0 Å². The molecule has 1 heterocycles. The average Bonchev–Trinajstić information content (AvgIpc) is 3.17. The van der Waals surface area contributed by atoms with Crippen molar-refractivity contribution >= 4 is 5.91 Å². The summed E-state index contributed by atoms with van der Waals surface area (Å²) in [5.74, 6) is 1.68. The molecule has 0 saturated carbocycles. The fraction of sp³-hybridized carbons (Fsp3) is 0.190. The quantitative estimate of drug-likeness (QED) is 0.712. The van der Waals surface area contributed by atoms with Crippen LogP contribution in [0.15, 0.2) is 71.1 Å². The molecule has 2 aromatic carbocycles. The topological polar surface area (TPSA) is 54.3 Å². The minimum atomic E-state index is -0.0755. The molecule has 0 bridgehead atoms. The Labute approximate surface area is 147 Å². The van der Waals surface area contributed by atoms with Gasteiger partial charge in [-0.1, -0.05) is 42.5 Å². The molecule has 3 aromatic rings. The van der Waals surface area contributed by atoms with E-state index in [1.807, 2.05) is 66.7 Å². The van der Waals surface area contributed by atoms with Crippen LogP contribution in [-0.2, 0) is 6.54 Å². The van der Waals surface area contributed by atoms with Gasteiger partial charge < -0.3 is 15.1 Å². The summed E-state index contributed by atoms with van der Waals surface area (Å²) in [5.41, 5.74) is 2.79. The van der Waals surface area contributed by atoms with Gasteiger partial charge in [-0.25, -0.2) is 0 Å². The number of hydrogen-bond acceptors (Lipinski definition) is 3. The standard InChI is InChI=1S/C21H22N2O2/c1-15(19-11-12-20(25-19)17-8-4-3-5-9-17)23-14-16-7-6-10-18(13-16)21(24)22-2/h3-13,15,23H,14H2,1-2H3,(H,22,24)/t15-/m1/s1. The summed E-state index contributed by atoms with van der Waals surface area (Å²) in [4.78, 5) is 11.7. The number of carbonyl (C=O) groups is 1. The highest BCUT2D eigenvalue weighted by Crippen LogP contribution is 2.25. The van der Waals surface area contributed by atoms with Crippen LogP contribution in [0.3, 0.4) is 0 Å². The van der Waals surface area contributed by atoms with Crippen molar-refractivity contribution in [3.05, 3.63) is 83.6 Å². The maximum absolute atomic E-state index is 11.7. The zero-order valence-electron chi connectivity index (χ0n) is 14.5. The molecule has 0 radical (unpaired) electrons. The second kappa shape index (κ2) is 7.81. The third-order valence-electron chi connectivity index (χ3n) is 4.14. The summed E-state index contributed by atoms with van der Waals surface area (Å²) in [6.07, 6.45) is 0. The van der Waals surface area contributed by atoms with Crippen LogP contribution in [0.5, 0.6) is 0 Å². The zero-order valence-corrected chi connectivity index (χ0v) is 14.5. The highest BCUT2D eigenvalue weighted by molar-refractivity contribution is 5.94. The van der Waals surface area contributed by atoms with Crippen molar-refractivity contribution < 1.29 is 9.21 Å². The monoisotopic (exact) mass is 334 g/mol. The average molecular weight is 334 g/mol. The van der Waals surface area contributed by atoms with Gasteiger partial charge in [0.25, 0.3) is 5.91 Å². The number of rotatable bonds is 6. The highest BCUT2D eigenvalue weighted by atomic mass is 16.3. The van der Waals surface area contributed by atoms with Gasteiger partial charge >= 0.3 is 0 Å². The van der Waals surface area contributed by atoms with Crippen molar-refractivity contribution in [3.8, 4) is 11.3 Å². The van der Waals surface area contributed by atoms with E-state index in [1.54, 1.807) is 7.05 Å². The molecule has 1 amide bonds. The van der Waals surface area contributed by atoms with Crippen molar-refractivity contribution in [2.24, 2.45) is 0 Å². The molecule has 2 N–H and O–H groups in total. The summed E-state index contributed by atoms with van der Waals surface area (Å²) in [7, 11) is 1.64. The molecule has 0 aliphatic heterocycles. The predicted molar refractivity (Wildman–Crippen MR) is 99.2 cm³/mol. The fourth-order valence-corrected chi connectivity index (χ4v) is 2.68. The summed E-state index contributed by atoms with van der Waals surface area (Å²) in [5, 5.41) is 6.08. The number of amides is 1. The van der Waals surface area contributed by atoms with Gasteiger partial charge in [-0.2, -0.15) is 0 Å². The van der Waals surface area contributed by atoms with Crippen molar-refractivity contribution in [2.75, 3.05) is 7.05 Å². The SMILES string of the molecule is CNC(=O)c1cccc(CN[C@H](C)c2ccc(-c3ccccc3)o2)c1. The molecule has 1 aromatic heterocycles. The second-order valence-corrected chi connectivity index (χ2v) is 5.95. The number of nitrogens with one attached hydrogen (secondary N) is 2. The number of furan rings is 1. The molecule has 4 heteroatoms. The van der Waals surface area contributed by atoms with E-state index in [2.05, 4.69) is 17.6 Å². The predicted octanol–water partition coefficient (Wildman–Crippen LogP) is 4.16. The first-order valence-corrected chi connectivity index (χ1v) is 8.37. The maximum Gasteiger partial charge on any atom is 0.251 e. The minimum Gasteiger partial charge on any atom is -0.459 e. The van der Waals surface area contributed by atoms with Gasteiger partial charge in [-0.15, -0.1) is 0 Å². The van der Waals surface area contributed by atoms with Crippen molar-refractivity contribution in [1.29, 1.82) is 0 Å². The first-order valence-electron chi connectivity index (χ1n) is 8.37. The molecule has 0 unspecified atom stereocenters. The summed E-state index contributed by atoms with van der Waals surface area (Å²) >= 11 is 0. The third-order valence-corrected chi connectivity index (χ3v) is 4.14. The Hall–Kier alpha value is -2.85. The van der Waals surface area contributed by atoms with Gasteiger partial charge in [0, 0.05) is 24.7 Å². The van der Waals surface area contributed by atoms with E-state index >= 15 is 0 Å². The largest absolute Gasteiger partial charge is 0.459 e. The lowest BCUT2D eigenvalue weighted by Gasteiger charge is -2.12. The Morgan fingerprint density at radius 1 is 1.04 bits per heavy atom. The summed E-state index contributed by atoms with van der Waals surface area (Å²) < 4.78 is 5.97. The summed E-state index contributed by atoms with van der Waals surface area (Å²) in [6.45, 7) is 2.73. The Balaban J connectivity index is 1.64. The Bertz CT molecular complexity index is 840. The number of hydrogen-bond donors (Lipinski definition) is 2.